The zero-order valence-corrected chi connectivity index (χ0v) is 15.1. The lowest BCUT2D eigenvalue weighted by Crippen LogP contribution is -2.34. The fourth-order valence-corrected chi connectivity index (χ4v) is 4.60. The summed E-state index contributed by atoms with van der Waals surface area (Å²) in [4.78, 5) is 5.08. The van der Waals surface area contributed by atoms with Gasteiger partial charge < -0.3 is 9.80 Å². The minimum Gasteiger partial charge on any atom is -0.367 e. The Labute approximate surface area is 154 Å². The van der Waals surface area contributed by atoms with E-state index in [0.29, 0.717) is 6.04 Å². The van der Waals surface area contributed by atoms with Gasteiger partial charge in [0, 0.05) is 43.1 Å². The predicted octanol–water partition coefficient (Wildman–Crippen LogP) is 3.88. The smallest absolute Gasteiger partial charge is 0.0565 e. The van der Waals surface area contributed by atoms with Gasteiger partial charge in [-0.15, -0.1) is 0 Å². The second kappa shape index (κ2) is 6.29. The summed E-state index contributed by atoms with van der Waals surface area (Å²) in [5.74, 6) is 0.843. The van der Waals surface area contributed by atoms with Gasteiger partial charge in [-0.2, -0.15) is 5.10 Å². The number of hydrogen-bond acceptors (Lipinski definition) is 3. The van der Waals surface area contributed by atoms with Crippen molar-refractivity contribution in [1.82, 2.24) is 15.1 Å². The van der Waals surface area contributed by atoms with E-state index >= 15 is 0 Å². The zero-order valence-electron chi connectivity index (χ0n) is 15.1. The van der Waals surface area contributed by atoms with E-state index in [4.69, 9.17) is 0 Å². The SMILES string of the molecule is CN1C[C@H]2CCN(c3ccc(-c4ccc(-c5cn[nH]c5)cc4)cc3)[C@H]2C1. The molecule has 2 aliphatic rings. The first-order valence-electron chi connectivity index (χ1n) is 9.43. The molecule has 0 amide bonds. The Morgan fingerprint density at radius 2 is 1.54 bits per heavy atom. The number of fused-ring (bicyclic) bond motifs is 1. The van der Waals surface area contributed by atoms with Gasteiger partial charge in [-0.25, -0.2) is 0 Å². The van der Waals surface area contributed by atoms with Crippen molar-refractivity contribution in [2.45, 2.75) is 12.5 Å². The van der Waals surface area contributed by atoms with Crippen LogP contribution in [0.1, 0.15) is 6.42 Å². The van der Waals surface area contributed by atoms with Gasteiger partial charge in [0.15, 0.2) is 0 Å². The number of benzene rings is 2. The van der Waals surface area contributed by atoms with Gasteiger partial charge in [-0.3, -0.25) is 5.10 Å². The number of aromatic nitrogens is 2. The van der Waals surface area contributed by atoms with E-state index in [-0.39, 0.29) is 0 Å². The maximum atomic E-state index is 4.02. The van der Waals surface area contributed by atoms with Gasteiger partial charge in [-0.1, -0.05) is 36.4 Å². The molecule has 2 aliphatic heterocycles. The number of rotatable bonds is 3. The van der Waals surface area contributed by atoms with Crippen LogP contribution in [0, 0.1) is 5.92 Å². The number of likely N-dealkylation sites (N-methyl/N-ethyl adjacent to an activating group) is 1. The van der Waals surface area contributed by atoms with E-state index in [1.807, 2.05) is 12.4 Å². The second-order valence-electron chi connectivity index (χ2n) is 7.64. The molecule has 3 aromatic rings. The number of hydrogen-bond donors (Lipinski definition) is 1. The van der Waals surface area contributed by atoms with E-state index in [0.717, 1.165) is 11.5 Å². The highest BCUT2D eigenvalue weighted by Gasteiger charge is 2.39. The first-order chi connectivity index (χ1) is 12.8. The van der Waals surface area contributed by atoms with Gasteiger partial charge in [0.1, 0.15) is 0 Å². The Morgan fingerprint density at radius 1 is 0.885 bits per heavy atom. The van der Waals surface area contributed by atoms with E-state index < -0.39 is 0 Å². The quantitative estimate of drug-likeness (QED) is 0.783. The van der Waals surface area contributed by atoms with E-state index in [9.17, 15) is 0 Å². The standard InChI is InChI=1S/C22H24N4/c1-25-14-19-10-11-26(22(19)15-25)21-8-6-17(7-9-21)16-2-4-18(5-3-16)20-12-23-24-13-20/h2-9,12-13,19,22H,10-11,14-15H2,1H3,(H,23,24)/t19-,22+/m1/s1. The molecule has 0 aliphatic carbocycles. The van der Waals surface area contributed by atoms with Crippen LogP contribution in [0.15, 0.2) is 60.9 Å². The molecule has 0 saturated carbocycles. The average Bonchev–Trinajstić information content (AvgIpc) is 3.39. The molecule has 3 heterocycles. The van der Waals surface area contributed by atoms with Crippen molar-refractivity contribution in [3.05, 3.63) is 60.9 Å². The van der Waals surface area contributed by atoms with E-state index in [1.54, 1.807) is 0 Å². The summed E-state index contributed by atoms with van der Waals surface area (Å²) in [7, 11) is 2.24. The highest BCUT2D eigenvalue weighted by molar-refractivity contribution is 5.71. The summed E-state index contributed by atoms with van der Waals surface area (Å²) < 4.78 is 0. The summed E-state index contributed by atoms with van der Waals surface area (Å²) in [6.45, 7) is 3.64. The molecule has 2 fully saturated rings. The van der Waals surface area contributed by atoms with E-state index in [1.165, 1.54) is 48.4 Å². The van der Waals surface area contributed by atoms with Crippen LogP contribution in [0.3, 0.4) is 0 Å². The Bertz CT molecular complexity index is 868. The summed E-state index contributed by atoms with van der Waals surface area (Å²) in [5, 5.41) is 6.89. The molecule has 4 nitrogen and oxygen atoms in total. The van der Waals surface area contributed by atoms with Gasteiger partial charge in [-0.05, 0) is 48.2 Å². The van der Waals surface area contributed by atoms with Crippen molar-refractivity contribution in [1.29, 1.82) is 0 Å². The molecule has 5 rings (SSSR count). The van der Waals surface area contributed by atoms with Crippen LogP contribution in [0.5, 0.6) is 0 Å². The van der Waals surface area contributed by atoms with Crippen molar-refractivity contribution in [3.8, 4) is 22.3 Å². The first-order valence-corrected chi connectivity index (χ1v) is 9.43. The van der Waals surface area contributed by atoms with Crippen LogP contribution in [-0.4, -0.2) is 47.8 Å². The largest absolute Gasteiger partial charge is 0.367 e. The lowest BCUT2D eigenvalue weighted by Gasteiger charge is -2.26. The lowest BCUT2D eigenvalue weighted by molar-refractivity contribution is 0.386. The van der Waals surface area contributed by atoms with Gasteiger partial charge in [0.05, 0.1) is 6.20 Å². The molecule has 4 heteroatoms. The van der Waals surface area contributed by atoms with Gasteiger partial charge >= 0.3 is 0 Å². The highest BCUT2D eigenvalue weighted by Crippen LogP contribution is 2.35. The number of H-pyrrole nitrogens is 1. The number of nitrogens with zero attached hydrogens (tertiary/aromatic N) is 3. The van der Waals surface area contributed by atoms with Crippen molar-refractivity contribution in [3.63, 3.8) is 0 Å². The Hall–Kier alpha value is -2.59. The summed E-state index contributed by atoms with van der Waals surface area (Å²) >= 11 is 0. The minimum atomic E-state index is 0.695. The number of likely N-dealkylation sites (tertiary alicyclic amines) is 1. The van der Waals surface area contributed by atoms with Crippen LogP contribution < -0.4 is 4.90 Å². The molecule has 2 saturated heterocycles. The van der Waals surface area contributed by atoms with Crippen molar-refractivity contribution < 1.29 is 0 Å². The number of aromatic amines is 1. The Morgan fingerprint density at radius 3 is 2.19 bits per heavy atom. The molecular formula is C22H24N4. The summed E-state index contributed by atoms with van der Waals surface area (Å²) in [5.41, 5.74) is 6.20. The molecule has 0 radical (unpaired) electrons. The summed E-state index contributed by atoms with van der Waals surface area (Å²) in [6.07, 6.45) is 5.10. The third-order valence-electron chi connectivity index (χ3n) is 5.98. The Balaban J connectivity index is 1.35. The van der Waals surface area contributed by atoms with E-state index in [2.05, 4.69) is 75.6 Å². The third kappa shape index (κ3) is 2.71. The third-order valence-corrected chi connectivity index (χ3v) is 5.98. The minimum absolute atomic E-state index is 0.695. The van der Waals surface area contributed by atoms with Gasteiger partial charge in [0.2, 0.25) is 0 Å². The number of nitrogens with one attached hydrogen (secondary N) is 1. The maximum absolute atomic E-state index is 4.02. The molecule has 26 heavy (non-hydrogen) atoms. The predicted molar refractivity (Wildman–Crippen MR) is 106 cm³/mol. The number of anilines is 1. The molecule has 0 spiro atoms. The molecular weight excluding hydrogens is 320 g/mol. The molecule has 2 aromatic carbocycles. The Kier molecular flexibility index (Phi) is 3.79. The van der Waals surface area contributed by atoms with Crippen molar-refractivity contribution in [2.75, 3.05) is 31.6 Å². The maximum Gasteiger partial charge on any atom is 0.0565 e. The second-order valence-corrected chi connectivity index (χ2v) is 7.64. The normalized spacial score (nSPS) is 22.7. The average molecular weight is 344 g/mol. The highest BCUT2D eigenvalue weighted by atomic mass is 15.3. The van der Waals surface area contributed by atoms with Crippen LogP contribution in [0.2, 0.25) is 0 Å². The molecule has 132 valence electrons. The molecule has 2 atom stereocenters. The molecule has 1 N–H and O–H groups in total. The van der Waals surface area contributed by atoms with Crippen molar-refractivity contribution >= 4 is 5.69 Å². The zero-order chi connectivity index (χ0) is 17.5. The molecule has 0 bridgehead atoms. The lowest BCUT2D eigenvalue weighted by atomic mass is 10.0. The van der Waals surface area contributed by atoms with Gasteiger partial charge in [0.25, 0.3) is 0 Å². The van der Waals surface area contributed by atoms with Crippen LogP contribution >= 0.6 is 0 Å². The fraction of sp³-hybridized carbons (Fsp3) is 0.318. The molecule has 0 unspecified atom stereocenters. The van der Waals surface area contributed by atoms with Crippen LogP contribution in [0.4, 0.5) is 5.69 Å². The molecule has 1 aromatic heterocycles. The van der Waals surface area contributed by atoms with Crippen LogP contribution in [0.25, 0.3) is 22.3 Å². The fourth-order valence-electron chi connectivity index (χ4n) is 4.60. The first kappa shape index (κ1) is 15.6. The van der Waals surface area contributed by atoms with Crippen molar-refractivity contribution in [2.24, 2.45) is 5.92 Å². The topological polar surface area (TPSA) is 35.2 Å². The monoisotopic (exact) mass is 344 g/mol. The summed E-state index contributed by atoms with van der Waals surface area (Å²) in [6, 6.07) is 18.5. The van der Waals surface area contributed by atoms with Crippen LogP contribution in [-0.2, 0) is 0 Å².